The lowest BCUT2D eigenvalue weighted by molar-refractivity contribution is -0.129. The Morgan fingerprint density at radius 1 is 0.491 bits per heavy atom. The van der Waals surface area contributed by atoms with Crippen LogP contribution in [0.4, 0.5) is 0 Å². The van der Waals surface area contributed by atoms with Gasteiger partial charge in [-0.3, -0.25) is 34.0 Å². The molecule has 14 heteroatoms. The third-order valence-corrected chi connectivity index (χ3v) is 11.3. The Morgan fingerprint density at radius 2 is 0.891 bits per heavy atom. The third kappa shape index (κ3) is 17.6. The van der Waals surface area contributed by atoms with Crippen LogP contribution in [0.3, 0.4) is 0 Å². The molecule has 10 nitrogen and oxygen atoms in total. The van der Waals surface area contributed by atoms with E-state index in [-0.39, 0.29) is 49.6 Å². The molecule has 0 unspecified atom stereocenters. The van der Waals surface area contributed by atoms with Gasteiger partial charge in [-0.1, -0.05) is 60.7 Å². The van der Waals surface area contributed by atoms with Crippen molar-refractivity contribution in [2.24, 2.45) is 0 Å². The number of nitrogens with one attached hydrogen (secondary N) is 1. The second kappa shape index (κ2) is 27.6. The van der Waals surface area contributed by atoms with E-state index >= 15 is 0 Å². The van der Waals surface area contributed by atoms with E-state index in [1.165, 1.54) is 49.9 Å². The average Bonchev–Trinajstić information content (AvgIpc) is 3.45. The third-order valence-electron chi connectivity index (χ3n) is 11.3. The SMILES string of the molecule is CN1CCN(C2CCN(Cc3ccccc3)CC2)CCC1=O.CN1CCN(C2CCNCC2)CCC1=O.Cl.Cl.Cl.Cl.O=C1CCN(Cc2ccccc2)CC1. The number of piperidine rings is 3. The first kappa shape index (κ1) is 51.0. The minimum absolute atomic E-state index is 0. The molecule has 0 saturated carbocycles. The van der Waals surface area contributed by atoms with Crippen LogP contribution in [0.25, 0.3) is 0 Å². The topological polar surface area (TPSA) is 82.7 Å². The fraction of sp³-hybridized carbons (Fsp3) is 0.634. The fourth-order valence-corrected chi connectivity index (χ4v) is 7.88. The summed E-state index contributed by atoms with van der Waals surface area (Å²) in [6, 6.07) is 22.5. The van der Waals surface area contributed by atoms with Gasteiger partial charge in [-0.25, -0.2) is 0 Å². The van der Waals surface area contributed by atoms with Gasteiger partial charge < -0.3 is 15.1 Å². The highest BCUT2D eigenvalue weighted by Gasteiger charge is 2.28. The molecule has 0 bridgehead atoms. The molecule has 312 valence electrons. The van der Waals surface area contributed by atoms with Crippen LogP contribution in [-0.4, -0.2) is 152 Å². The first-order chi connectivity index (χ1) is 24.8. The minimum atomic E-state index is 0. The van der Waals surface area contributed by atoms with E-state index < -0.39 is 0 Å². The van der Waals surface area contributed by atoms with Crippen molar-refractivity contribution >= 4 is 67.2 Å². The molecular formula is C41H67Cl4N7O3. The number of hydrogen-bond donors (Lipinski definition) is 1. The number of amides is 2. The van der Waals surface area contributed by atoms with Gasteiger partial charge in [0.2, 0.25) is 11.8 Å². The number of ketones is 1. The number of carbonyl (C=O) groups excluding carboxylic acids is 3. The minimum Gasteiger partial charge on any atom is -0.344 e. The van der Waals surface area contributed by atoms with Crippen molar-refractivity contribution in [2.75, 3.05) is 92.6 Å². The lowest BCUT2D eigenvalue weighted by Gasteiger charge is -2.38. The largest absolute Gasteiger partial charge is 0.344 e. The molecule has 5 saturated heterocycles. The molecule has 0 atom stereocenters. The lowest BCUT2D eigenvalue weighted by Crippen LogP contribution is -2.45. The summed E-state index contributed by atoms with van der Waals surface area (Å²) < 4.78 is 0. The Morgan fingerprint density at radius 3 is 1.33 bits per heavy atom. The van der Waals surface area contributed by atoms with Crippen LogP contribution in [0.5, 0.6) is 0 Å². The number of benzene rings is 2. The van der Waals surface area contributed by atoms with Crippen LogP contribution >= 0.6 is 49.6 Å². The molecule has 2 aromatic rings. The number of carbonyl (C=O) groups is 3. The normalized spacial score (nSPS) is 21.1. The van der Waals surface area contributed by atoms with Gasteiger partial charge in [0.1, 0.15) is 5.78 Å². The van der Waals surface area contributed by atoms with Gasteiger partial charge in [0.15, 0.2) is 0 Å². The molecule has 7 rings (SSSR count). The van der Waals surface area contributed by atoms with Crippen LogP contribution < -0.4 is 5.32 Å². The first-order valence-electron chi connectivity index (χ1n) is 19.5. The quantitative estimate of drug-likeness (QED) is 0.423. The summed E-state index contributed by atoms with van der Waals surface area (Å²) in [5, 5.41) is 3.38. The predicted molar refractivity (Wildman–Crippen MR) is 233 cm³/mol. The second-order valence-electron chi connectivity index (χ2n) is 15.0. The highest BCUT2D eigenvalue weighted by molar-refractivity contribution is 5.86. The monoisotopic (exact) mass is 845 g/mol. The zero-order valence-electron chi connectivity index (χ0n) is 33.0. The van der Waals surface area contributed by atoms with Gasteiger partial charge in [-0.15, -0.1) is 49.6 Å². The van der Waals surface area contributed by atoms with Crippen LogP contribution in [0.15, 0.2) is 60.7 Å². The molecule has 1 N–H and O–H groups in total. The zero-order valence-corrected chi connectivity index (χ0v) is 36.3. The summed E-state index contributed by atoms with van der Waals surface area (Å²) in [6.07, 6.45) is 7.76. The van der Waals surface area contributed by atoms with Crippen molar-refractivity contribution in [1.29, 1.82) is 0 Å². The molecule has 0 aromatic heterocycles. The van der Waals surface area contributed by atoms with Gasteiger partial charge >= 0.3 is 0 Å². The summed E-state index contributed by atoms with van der Waals surface area (Å²) in [5.74, 6) is 1.00. The summed E-state index contributed by atoms with van der Waals surface area (Å²) >= 11 is 0. The van der Waals surface area contributed by atoms with E-state index in [1.807, 2.05) is 30.0 Å². The van der Waals surface area contributed by atoms with Crippen molar-refractivity contribution in [2.45, 2.75) is 76.5 Å². The van der Waals surface area contributed by atoms with Gasteiger partial charge in [-0.05, 0) is 63.0 Å². The molecule has 2 amide bonds. The van der Waals surface area contributed by atoms with Crippen LogP contribution in [-0.2, 0) is 27.5 Å². The lowest BCUT2D eigenvalue weighted by atomic mass is 10.0. The van der Waals surface area contributed by atoms with E-state index in [4.69, 9.17) is 0 Å². The number of nitrogens with zero attached hydrogens (tertiary/aromatic N) is 6. The van der Waals surface area contributed by atoms with Gasteiger partial charge in [0, 0.05) is 117 Å². The number of Topliss-reactive ketones (excluding diaryl/α,β-unsaturated/α-hetero) is 1. The Bertz CT molecular complexity index is 1340. The standard InChI is InChI=1S/C18H27N3O.C12H15NO.C11H21N3O.4ClH/c1-19-13-14-21(12-9-18(19)22)17-7-10-20(11-8-17)15-16-5-3-2-4-6-16;14-12-6-8-13(9-7-12)10-11-4-2-1-3-5-11;1-13-8-9-14(7-4-11(13)15)10-2-5-12-6-3-10;;;;/h2-6,17H,7-15H2,1H3;1-5H,6-10H2;10,12H,2-9H2,1H3;4*1H. The molecule has 0 radical (unpaired) electrons. The van der Waals surface area contributed by atoms with Crippen molar-refractivity contribution in [1.82, 2.24) is 34.7 Å². The van der Waals surface area contributed by atoms with E-state index in [0.717, 1.165) is 91.4 Å². The van der Waals surface area contributed by atoms with Crippen molar-refractivity contribution in [3.63, 3.8) is 0 Å². The van der Waals surface area contributed by atoms with E-state index in [1.54, 1.807) is 0 Å². The molecule has 5 heterocycles. The summed E-state index contributed by atoms with van der Waals surface area (Å²) in [5.41, 5.74) is 2.74. The molecule has 5 fully saturated rings. The Hall–Kier alpha value is -1.99. The maximum atomic E-state index is 11.8. The molecule has 5 aliphatic heterocycles. The molecular weight excluding hydrogens is 780 g/mol. The molecule has 2 aromatic carbocycles. The second-order valence-corrected chi connectivity index (χ2v) is 15.0. The number of likely N-dealkylation sites (N-methyl/N-ethyl adjacent to an activating group) is 2. The summed E-state index contributed by atoms with van der Waals surface area (Å²) in [7, 11) is 3.84. The Kier molecular flexibility index (Phi) is 25.6. The van der Waals surface area contributed by atoms with Crippen LogP contribution in [0, 0.1) is 0 Å². The van der Waals surface area contributed by atoms with Gasteiger partial charge in [0.05, 0.1) is 0 Å². The highest BCUT2D eigenvalue weighted by atomic mass is 35.5. The van der Waals surface area contributed by atoms with Gasteiger partial charge in [-0.2, -0.15) is 0 Å². The number of hydrogen-bond acceptors (Lipinski definition) is 8. The summed E-state index contributed by atoms with van der Waals surface area (Å²) in [4.78, 5) is 48.0. The van der Waals surface area contributed by atoms with Crippen molar-refractivity contribution < 1.29 is 14.4 Å². The maximum Gasteiger partial charge on any atom is 0.223 e. The van der Waals surface area contributed by atoms with Crippen LogP contribution in [0.1, 0.15) is 62.5 Å². The number of likely N-dealkylation sites (tertiary alicyclic amines) is 2. The average molecular weight is 848 g/mol. The molecule has 0 spiro atoms. The molecule has 0 aliphatic carbocycles. The zero-order chi connectivity index (χ0) is 35.8. The first-order valence-corrected chi connectivity index (χ1v) is 19.5. The Labute approximate surface area is 355 Å². The van der Waals surface area contributed by atoms with E-state index in [0.29, 0.717) is 42.5 Å². The smallest absolute Gasteiger partial charge is 0.223 e. The van der Waals surface area contributed by atoms with E-state index in [2.05, 4.69) is 79.5 Å². The van der Waals surface area contributed by atoms with Crippen molar-refractivity contribution in [3.05, 3.63) is 71.8 Å². The van der Waals surface area contributed by atoms with Crippen molar-refractivity contribution in [3.8, 4) is 0 Å². The number of halogens is 4. The molecule has 55 heavy (non-hydrogen) atoms. The Balaban J connectivity index is 0.000000411. The van der Waals surface area contributed by atoms with E-state index in [9.17, 15) is 14.4 Å². The maximum absolute atomic E-state index is 11.8. The summed E-state index contributed by atoms with van der Waals surface area (Å²) in [6.45, 7) is 14.2. The number of rotatable bonds is 6. The molecule has 5 aliphatic rings. The fourth-order valence-electron chi connectivity index (χ4n) is 7.88. The highest BCUT2D eigenvalue weighted by Crippen LogP contribution is 2.20. The predicted octanol–water partition coefficient (Wildman–Crippen LogP) is 5.26. The van der Waals surface area contributed by atoms with Crippen LogP contribution in [0.2, 0.25) is 0 Å². The van der Waals surface area contributed by atoms with Gasteiger partial charge in [0.25, 0.3) is 0 Å².